The summed E-state index contributed by atoms with van der Waals surface area (Å²) in [5.74, 6) is 0. The molecule has 1 saturated carbocycles. The Morgan fingerprint density at radius 3 is 2.35 bits per heavy atom. The van der Waals surface area contributed by atoms with Crippen LogP contribution in [0.25, 0.3) is 0 Å². The van der Waals surface area contributed by atoms with E-state index < -0.39 is 0 Å². The molecule has 0 heterocycles. The first-order valence-corrected chi connectivity index (χ1v) is 7.09. The summed E-state index contributed by atoms with van der Waals surface area (Å²) in [5.41, 5.74) is 6.59. The van der Waals surface area contributed by atoms with E-state index in [0.717, 1.165) is 26.1 Å². The number of rotatable bonds is 7. The van der Waals surface area contributed by atoms with E-state index in [1.807, 2.05) is 0 Å². The van der Waals surface area contributed by atoms with Crippen molar-refractivity contribution >= 4 is 0 Å². The maximum atomic E-state index is 6.48. The van der Waals surface area contributed by atoms with Gasteiger partial charge in [-0.15, -0.1) is 0 Å². The summed E-state index contributed by atoms with van der Waals surface area (Å²) in [6.45, 7) is 7.44. The molecule has 0 aliphatic heterocycles. The first-order chi connectivity index (χ1) is 8.07. The molecule has 3 heteroatoms. The van der Waals surface area contributed by atoms with Gasteiger partial charge in [0.25, 0.3) is 0 Å². The average Bonchev–Trinajstić information content (AvgIpc) is 2.29. The highest BCUT2D eigenvalue weighted by molar-refractivity contribution is 4.88. The van der Waals surface area contributed by atoms with Crippen LogP contribution in [0.1, 0.15) is 52.4 Å². The van der Waals surface area contributed by atoms with Gasteiger partial charge in [0.15, 0.2) is 0 Å². The van der Waals surface area contributed by atoms with E-state index in [9.17, 15) is 0 Å². The predicted molar refractivity (Wildman–Crippen MR) is 73.2 cm³/mol. The van der Waals surface area contributed by atoms with Crippen molar-refractivity contribution < 1.29 is 4.74 Å². The summed E-state index contributed by atoms with van der Waals surface area (Å²) in [6.07, 6.45) is 7.56. The number of nitrogens with zero attached hydrogens (tertiary/aromatic N) is 1. The van der Waals surface area contributed by atoms with Crippen LogP contribution < -0.4 is 5.73 Å². The molecule has 0 spiro atoms. The van der Waals surface area contributed by atoms with E-state index >= 15 is 0 Å². The molecule has 17 heavy (non-hydrogen) atoms. The van der Waals surface area contributed by atoms with Crippen LogP contribution in [0.5, 0.6) is 0 Å². The highest BCUT2D eigenvalue weighted by atomic mass is 16.5. The van der Waals surface area contributed by atoms with Crippen molar-refractivity contribution in [2.75, 3.05) is 26.8 Å². The largest absolute Gasteiger partial charge is 0.383 e. The molecule has 2 N–H and O–H groups in total. The molecule has 0 bridgehead atoms. The molecule has 0 amide bonds. The Morgan fingerprint density at radius 2 is 1.82 bits per heavy atom. The van der Waals surface area contributed by atoms with Crippen molar-refractivity contribution in [1.29, 1.82) is 0 Å². The third-order valence-corrected chi connectivity index (χ3v) is 4.06. The molecular weight excluding hydrogens is 212 g/mol. The number of hydrogen-bond acceptors (Lipinski definition) is 3. The Balaban J connectivity index is 2.34. The van der Waals surface area contributed by atoms with Crippen LogP contribution in [0.4, 0.5) is 0 Å². The van der Waals surface area contributed by atoms with E-state index in [4.69, 9.17) is 10.5 Å². The predicted octanol–water partition coefficient (Wildman–Crippen LogP) is 2.39. The Morgan fingerprint density at radius 1 is 1.18 bits per heavy atom. The molecule has 0 aromatic heterocycles. The third kappa shape index (κ3) is 5.36. The lowest BCUT2D eigenvalue weighted by Crippen LogP contribution is -2.46. The van der Waals surface area contributed by atoms with Crippen molar-refractivity contribution in [1.82, 2.24) is 4.90 Å². The Labute approximate surface area is 107 Å². The fourth-order valence-electron chi connectivity index (χ4n) is 2.71. The maximum Gasteiger partial charge on any atom is 0.0589 e. The Hall–Kier alpha value is -0.120. The summed E-state index contributed by atoms with van der Waals surface area (Å²) in [7, 11) is 1.77. The van der Waals surface area contributed by atoms with Gasteiger partial charge in [-0.2, -0.15) is 0 Å². The number of ether oxygens (including phenoxy) is 1. The normalized spacial score (nSPS) is 20.1. The minimum Gasteiger partial charge on any atom is -0.383 e. The summed E-state index contributed by atoms with van der Waals surface area (Å²) in [4.78, 5) is 2.48. The quantitative estimate of drug-likeness (QED) is 0.745. The molecule has 1 aliphatic rings. The van der Waals surface area contributed by atoms with Crippen molar-refractivity contribution in [2.45, 2.75) is 64.0 Å². The van der Waals surface area contributed by atoms with Gasteiger partial charge in [-0.05, 0) is 33.1 Å². The zero-order valence-electron chi connectivity index (χ0n) is 11.9. The van der Waals surface area contributed by atoms with E-state index in [1.165, 1.54) is 32.1 Å². The summed E-state index contributed by atoms with van der Waals surface area (Å²) in [5, 5.41) is 0. The number of nitrogens with two attached hydrogens (primary N) is 1. The van der Waals surface area contributed by atoms with Gasteiger partial charge >= 0.3 is 0 Å². The lowest BCUT2D eigenvalue weighted by Gasteiger charge is -2.36. The molecule has 0 atom stereocenters. The molecule has 1 aliphatic carbocycles. The van der Waals surface area contributed by atoms with Crippen molar-refractivity contribution in [3.8, 4) is 0 Å². The maximum absolute atomic E-state index is 6.48. The third-order valence-electron chi connectivity index (χ3n) is 4.06. The molecule has 1 fully saturated rings. The standard InChI is InChI=1S/C14H30N2O/c1-13(2)16(11-12-17-3)10-9-14(15)7-5-4-6-8-14/h13H,4-12,15H2,1-3H3. The van der Waals surface area contributed by atoms with Crippen LogP contribution in [0, 0.1) is 0 Å². The smallest absolute Gasteiger partial charge is 0.0589 e. The van der Waals surface area contributed by atoms with Gasteiger partial charge in [-0.3, -0.25) is 4.90 Å². The van der Waals surface area contributed by atoms with Gasteiger partial charge < -0.3 is 10.5 Å². The molecular formula is C14H30N2O. The first-order valence-electron chi connectivity index (χ1n) is 7.09. The Bertz CT molecular complexity index is 200. The van der Waals surface area contributed by atoms with Crippen LogP contribution >= 0.6 is 0 Å². The van der Waals surface area contributed by atoms with Crippen LogP contribution in [-0.2, 0) is 4.74 Å². The highest BCUT2D eigenvalue weighted by Gasteiger charge is 2.27. The zero-order chi connectivity index (χ0) is 12.7. The van der Waals surface area contributed by atoms with Crippen molar-refractivity contribution in [2.24, 2.45) is 5.73 Å². The second kappa shape index (κ2) is 7.34. The lowest BCUT2D eigenvalue weighted by atomic mass is 9.80. The van der Waals surface area contributed by atoms with Crippen LogP contribution in [0.15, 0.2) is 0 Å². The summed E-state index contributed by atoms with van der Waals surface area (Å²) < 4.78 is 5.17. The van der Waals surface area contributed by atoms with Crippen LogP contribution in [0.3, 0.4) is 0 Å². The van der Waals surface area contributed by atoms with Crippen LogP contribution in [-0.4, -0.2) is 43.3 Å². The van der Waals surface area contributed by atoms with E-state index in [0.29, 0.717) is 6.04 Å². The van der Waals surface area contributed by atoms with E-state index in [-0.39, 0.29) is 5.54 Å². The molecule has 0 radical (unpaired) electrons. The van der Waals surface area contributed by atoms with Gasteiger partial charge in [0.1, 0.15) is 0 Å². The Kier molecular flexibility index (Phi) is 6.45. The monoisotopic (exact) mass is 242 g/mol. The minimum absolute atomic E-state index is 0.110. The second-order valence-corrected chi connectivity index (χ2v) is 5.80. The number of methoxy groups -OCH3 is 1. The first kappa shape index (κ1) is 14.9. The molecule has 102 valence electrons. The second-order valence-electron chi connectivity index (χ2n) is 5.80. The minimum atomic E-state index is 0.110. The van der Waals surface area contributed by atoms with Gasteiger partial charge in [0.05, 0.1) is 6.61 Å². The van der Waals surface area contributed by atoms with Gasteiger partial charge in [-0.25, -0.2) is 0 Å². The fraction of sp³-hybridized carbons (Fsp3) is 1.00. The summed E-state index contributed by atoms with van der Waals surface area (Å²) >= 11 is 0. The molecule has 0 unspecified atom stereocenters. The molecule has 3 nitrogen and oxygen atoms in total. The SMILES string of the molecule is COCCN(CCC1(N)CCCCC1)C(C)C. The highest BCUT2D eigenvalue weighted by Crippen LogP contribution is 2.28. The number of hydrogen-bond donors (Lipinski definition) is 1. The van der Waals surface area contributed by atoms with Crippen LogP contribution in [0.2, 0.25) is 0 Å². The topological polar surface area (TPSA) is 38.5 Å². The van der Waals surface area contributed by atoms with Crippen molar-refractivity contribution in [3.63, 3.8) is 0 Å². The average molecular weight is 242 g/mol. The van der Waals surface area contributed by atoms with E-state index in [2.05, 4.69) is 18.7 Å². The van der Waals surface area contributed by atoms with E-state index in [1.54, 1.807) is 7.11 Å². The molecule has 1 rings (SSSR count). The molecule has 0 aromatic carbocycles. The fourth-order valence-corrected chi connectivity index (χ4v) is 2.71. The molecule has 0 aromatic rings. The van der Waals surface area contributed by atoms with Crippen molar-refractivity contribution in [3.05, 3.63) is 0 Å². The van der Waals surface area contributed by atoms with Gasteiger partial charge in [0, 0.05) is 31.8 Å². The molecule has 0 saturated heterocycles. The summed E-state index contributed by atoms with van der Waals surface area (Å²) in [6, 6.07) is 0.581. The lowest BCUT2D eigenvalue weighted by molar-refractivity contribution is 0.118. The van der Waals surface area contributed by atoms with Gasteiger partial charge in [0.2, 0.25) is 0 Å². The van der Waals surface area contributed by atoms with Gasteiger partial charge in [-0.1, -0.05) is 19.3 Å². The zero-order valence-corrected chi connectivity index (χ0v) is 11.9.